The molecule has 0 radical (unpaired) electrons. The van der Waals surface area contributed by atoms with Crippen molar-refractivity contribution in [2.45, 2.75) is 103 Å². The van der Waals surface area contributed by atoms with E-state index in [2.05, 4.69) is 410 Å². The van der Waals surface area contributed by atoms with Crippen LogP contribution in [0.15, 0.2) is 255 Å². The topological polar surface area (TPSA) is 19.4 Å². The van der Waals surface area contributed by atoms with Crippen LogP contribution in [0.2, 0.25) is 0 Å². The van der Waals surface area contributed by atoms with Crippen LogP contribution in [0.3, 0.4) is 0 Å². The molecular weight excluding hydrogens is 1220 g/mol. The third kappa shape index (κ3) is 15.5. The summed E-state index contributed by atoms with van der Waals surface area (Å²) in [5, 5.41) is 6.57. The van der Waals surface area contributed by atoms with E-state index >= 15 is 0 Å². The number of para-hydroxylation sites is 3. The molecular formula is C96H102N5+5. The number of hydrogen-bond acceptors (Lipinski definition) is 0. The van der Waals surface area contributed by atoms with E-state index in [0.29, 0.717) is 5.92 Å². The Hall–Kier alpha value is -10.8. The monoisotopic (exact) mass is 1320 g/mol. The zero-order valence-electron chi connectivity index (χ0n) is 63.3. The van der Waals surface area contributed by atoms with Crippen molar-refractivity contribution in [3.8, 4) is 56.3 Å². The summed E-state index contributed by atoms with van der Waals surface area (Å²) < 4.78 is 11.5. The van der Waals surface area contributed by atoms with Gasteiger partial charge in [0.15, 0.2) is 0 Å². The van der Waals surface area contributed by atoms with Gasteiger partial charge in [0, 0.05) is 110 Å². The highest BCUT2D eigenvalue weighted by Gasteiger charge is 2.23. The van der Waals surface area contributed by atoms with Crippen LogP contribution in [0.25, 0.3) is 111 Å². The van der Waals surface area contributed by atoms with E-state index < -0.39 is 0 Å². The highest BCUT2D eigenvalue weighted by Crippen LogP contribution is 2.32. The molecule has 0 aliphatic carbocycles. The first-order chi connectivity index (χ1) is 48.5. The van der Waals surface area contributed by atoms with Crippen molar-refractivity contribution in [3.63, 3.8) is 0 Å². The molecule has 5 heterocycles. The van der Waals surface area contributed by atoms with E-state index in [1.165, 1.54) is 183 Å². The molecule has 0 amide bonds. The Labute approximate surface area is 601 Å². The molecule has 10 aromatic carbocycles. The fourth-order valence-corrected chi connectivity index (χ4v) is 14.9. The van der Waals surface area contributed by atoms with Gasteiger partial charge in [0.1, 0.15) is 35.2 Å². The number of rotatable bonds is 7. The van der Waals surface area contributed by atoms with Crippen LogP contribution < -0.4 is 22.8 Å². The molecule has 0 fully saturated rings. The first-order valence-corrected chi connectivity index (χ1v) is 35.8. The number of hydrogen-bond donors (Lipinski definition) is 0. The molecule has 506 valence electrons. The Morgan fingerprint density at radius 3 is 1.09 bits per heavy atom. The van der Waals surface area contributed by atoms with Crippen LogP contribution in [-0.2, 0) is 41.7 Å². The Balaban J connectivity index is 0.000000127. The van der Waals surface area contributed by atoms with Crippen LogP contribution in [0.5, 0.6) is 0 Å². The Kier molecular flexibility index (Phi) is 22.1. The first kappa shape index (κ1) is 71.5. The van der Waals surface area contributed by atoms with Crippen LogP contribution in [0.1, 0.15) is 86.2 Å². The van der Waals surface area contributed by atoms with Crippen molar-refractivity contribution in [3.05, 3.63) is 327 Å². The molecule has 0 saturated carbocycles. The third-order valence-electron chi connectivity index (χ3n) is 20.6. The molecule has 101 heavy (non-hydrogen) atoms. The number of benzene rings is 10. The third-order valence-corrected chi connectivity index (χ3v) is 20.6. The van der Waals surface area contributed by atoms with Gasteiger partial charge < -0.3 is 0 Å². The lowest BCUT2D eigenvalue weighted by atomic mass is 9.95. The maximum Gasteiger partial charge on any atom is 0.213 e. The number of pyridine rings is 5. The minimum absolute atomic E-state index is 0.673. The van der Waals surface area contributed by atoms with E-state index in [1.54, 1.807) is 0 Å². The highest BCUT2D eigenvalue weighted by molar-refractivity contribution is 5.86. The second-order valence-electron chi connectivity index (χ2n) is 28.4. The average Bonchev–Trinajstić information content (AvgIpc) is 0.702. The molecule has 0 N–H and O–H groups in total. The van der Waals surface area contributed by atoms with Crippen molar-refractivity contribution in [1.82, 2.24) is 0 Å². The SMILES string of the molecule is Cc1cc(C)c(C)c(-c2cc(C)c3c(C)cccc3[n+]2C)c1.Cc1cc(C)c(C)c(-c2ccc3ccccc3[n+]2C)c1.Cc1ccc(-c2ccc3ccccc3[n+]2C)c(C)c1.Cc1ccccc1-c1ccc2c(CC(C)C)cccc2[n+]1C.Cc1ccccc1-c1ccc2ccccc2[n+]1C. The molecule has 0 aliphatic rings. The number of aryl methyl sites for hydroxylation is 15. The molecule has 5 nitrogen and oxygen atoms in total. The van der Waals surface area contributed by atoms with Gasteiger partial charge in [-0.2, -0.15) is 22.8 Å². The van der Waals surface area contributed by atoms with Gasteiger partial charge in [0.05, 0.1) is 5.39 Å². The zero-order valence-corrected chi connectivity index (χ0v) is 63.3. The van der Waals surface area contributed by atoms with E-state index in [-0.39, 0.29) is 0 Å². The summed E-state index contributed by atoms with van der Waals surface area (Å²) in [6.07, 6.45) is 1.13. The van der Waals surface area contributed by atoms with Crippen LogP contribution >= 0.6 is 0 Å². The molecule has 0 aliphatic heterocycles. The van der Waals surface area contributed by atoms with E-state index in [4.69, 9.17) is 0 Å². The number of aromatic nitrogens is 5. The minimum atomic E-state index is 0.673. The summed E-state index contributed by atoms with van der Waals surface area (Å²) in [5.41, 5.74) is 36.8. The maximum absolute atomic E-state index is 2.33. The van der Waals surface area contributed by atoms with Gasteiger partial charge in [-0.25, -0.2) is 0 Å². The molecule has 15 aromatic rings. The summed E-state index contributed by atoms with van der Waals surface area (Å²) >= 11 is 0. The fraction of sp³-hybridized carbons (Fsp3) is 0.219. The number of fused-ring (bicyclic) bond motifs is 5. The average molecular weight is 1330 g/mol. The molecule has 0 unspecified atom stereocenters. The van der Waals surface area contributed by atoms with Gasteiger partial charge in [-0.15, -0.1) is 0 Å². The van der Waals surface area contributed by atoms with Gasteiger partial charge in [-0.1, -0.05) is 152 Å². The van der Waals surface area contributed by atoms with Crippen molar-refractivity contribution < 1.29 is 22.8 Å². The Bertz CT molecular complexity index is 5570. The molecule has 0 saturated heterocycles. The van der Waals surface area contributed by atoms with Crippen molar-refractivity contribution >= 4 is 54.5 Å². The van der Waals surface area contributed by atoms with Crippen LogP contribution in [0, 0.1) is 89.0 Å². The molecule has 0 bridgehead atoms. The second kappa shape index (κ2) is 31.2. The molecule has 15 rings (SSSR count). The molecule has 0 atom stereocenters. The van der Waals surface area contributed by atoms with E-state index in [9.17, 15) is 0 Å². The standard InChI is InChI=1S/2C21H24N.C19H20N.C18H18N.C17H16N/c1-13-10-15(3)17(5)18(11-13)20-12-16(4)21-14(2)8-7-9-19(21)22(20)6;1-15(2)14-17-9-7-11-20-19(17)12-13-21(22(20)4)18-10-6-5-8-16(18)3;1-13-11-14(2)15(3)17(12-13)19-10-9-16-7-5-6-8-18(16)20(19)4;1-13-8-10-16(14(2)12-13)18-11-9-15-6-4-5-7-17(15)19(18)3;1-13-7-3-5-9-15(13)17-12-11-14-8-4-6-10-16(14)18(17)2/h7-12H,1-6H3;5-13,15H,14H2,1-4H3;5-12H,1-4H3;4-12H,1-3H3;3-12H,1-2H3/q5*+1. The van der Waals surface area contributed by atoms with Gasteiger partial charge >= 0.3 is 0 Å². The predicted molar refractivity (Wildman–Crippen MR) is 428 cm³/mol. The largest absolute Gasteiger partial charge is 0.213 e. The van der Waals surface area contributed by atoms with Gasteiger partial charge in [-0.3, -0.25) is 0 Å². The van der Waals surface area contributed by atoms with Crippen molar-refractivity contribution in [2.75, 3.05) is 0 Å². The molecule has 5 aromatic heterocycles. The molecule has 5 heteroatoms. The van der Waals surface area contributed by atoms with Gasteiger partial charge in [-0.05, 0) is 224 Å². The second-order valence-corrected chi connectivity index (χ2v) is 28.4. The summed E-state index contributed by atoms with van der Waals surface area (Å²) in [7, 11) is 10.8. The quantitative estimate of drug-likeness (QED) is 0.142. The molecule has 0 spiro atoms. The lowest BCUT2D eigenvalue weighted by Crippen LogP contribution is -2.32. The lowest BCUT2D eigenvalue weighted by molar-refractivity contribution is -0.633. The summed E-state index contributed by atoms with van der Waals surface area (Å²) in [6.45, 7) is 30.8. The summed E-state index contributed by atoms with van der Waals surface area (Å²) in [4.78, 5) is 0. The van der Waals surface area contributed by atoms with E-state index in [0.717, 1.165) is 6.42 Å². The van der Waals surface area contributed by atoms with E-state index in [1.807, 2.05) is 0 Å². The fourth-order valence-electron chi connectivity index (χ4n) is 14.9. The number of nitrogens with zero attached hydrogens (tertiary/aromatic N) is 5. The smallest absolute Gasteiger partial charge is 0.194 e. The minimum Gasteiger partial charge on any atom is -0.194 e. The van der Waals surface area contributed by atoms with Crippen molar-refractivity contribution in [1.29, 1.82) is 0 Å². The highest BCUT2D eigenvalue weighted by atomic mass is 15.0. The normalized spacial score (nSPS) is 11.0. The van der Waals surface area contributed by atoms with Crippen molar-refractivity contribution in [2.24, 2.45) is 41.2 Å². The Morgan fingerprint density at radius 1 is 0.248 bits per heavy atom. The maximum atomic E-state index is 2.33. The predicted octanol–water partition coefficient (Wildman–Crippen LogP) is 21.6. The lowest BCUT2D eigenvalue weighted by Gasteiger charge is -2.12. The first-order valence-electron chi connectivity index (χ1n) is 35.8. The zero-order chi connectivity index (χ0) is 71.9. The summed E-state index contributed by atoms with van der Waals surface area (Å²) in [5.74, 6) is 0.673. The van der Waals surface area contributed by atoms with Gasteiger partial charge in [0.25, 0.3) is 0 Å². The van der Waals surface area contributed by atoms with Crippen LogP contribution in [-0.4, -0.2) is 0 Å². The van der Waals surface area contributed by atoms with Crippen LogP contribution in [0.4, 0.5) is 0 Å². The van der Waals surface area contributed by atoms with Gasteiger partial charge in [0.2, 0.25) is 56.1 Å². The summed E-state index contributed by atoms with van der Waals surface area (Å²) in [6, 6.07) is 91.7. The Morgan fingerprint density at radius 2 is 0.614 bits per heavy atom.